The molecule has 0 atom stereocenters. The molecule has 6 rings (SSSR count). The van der Waals surface area contributed by atoms with Gasteiger partial charge < -0.3 is 14.8 Å². The first-order valence-electron chi connectivity index (χ1n) is 11.3. The van der Waals surface area contributed by atoms with Crippen LogP contribution >= 0.6 is 0 Å². The molecular formula is C24H25N9. The molecule has 0 radical (unpaired) electrons. The van der Waals surface area contributed by atoms with Gasteiger partial charge in [-0.15, -0.1) is 0 Å². The fraction of sp³-hybridized carbons (Fsp3) is 0.292. The molecule has 9 nitrogen and oxygen atoms in total. The smallest absolute Gasteiger partial charge is 0.161 e. The molecule has 1 aliphatic rings. The fourth-order valence-corrected chi connectivity index (χ4v) is 4.41. The Morgan fingerprint density at radius 2 is 1.82 bits per heavy atom. The number of nitrogens with one attached hydrogen (secondary N) is 2. The lowest BCUT2D eigenvalue weighted by molar-refractivity contribution is 0.574. The average molecular weight is 440 g/mol. The number of piperidine rings is 1. The Labute approximate surface area is 190 Å². The maximum atomic E-state index is 4.93. The summed E-state index contributed by atoms with van der Waals surface area (Å²) in [4.78, 5) is 26.7. The largest absolute Gasteiger partial charge is 0.376 e. The summed E-state index contributed by atoms with van der Waals surface area (Å²) in [6, 6.07) is 8.03. The molecule has 9 heteroatoms. The third-order valence-corrected chi connectivity index (χ3v) is 6.21. The van der Waals surface area contributed by atoms with E-state index >= 15 is 0 Å². The molecule has 5 aromatic heterocycles. The molecule has 0 bridgehead atoms. The van der Waals surface area contributed by atoms with Crippen LogP contribution in [-0.4, -0.2) is 62.3 Å². The highest BCUT2D eigenvalue weighted by molar-refractivity contribution is 5.94. The van der Waals surface area contributed by atoms with Crippen LogP contribution < -0.4 is 9.80 Å². The molecule has 33 heavy (non-hydrogen) atoms. The van der Waals surface area contributed by atoms with E-state index in [0.717, 1.165) is 57.9 Å². The lowest BCUT2D eigenvalue weighted by atomic mass is 10.1. The van der Waals surface area contributed by atoms with Crippen LogP contribution in [0.15, 0.2) is 42.9 Å². The predicted molar refractivity (Wildman–Crippen MR) is 130 cm³/mol. The van der Waals surface area contributed by atoms with Crippen LogP contribution in [0, 0.1) is 0 Å². The predicted octanol–water partition coefficient (Wildman–Crippen LogP) is 4.01. The second-order valence-electron chi connectivity index (χ2n) is 8.65. The van der Waals surface area contributed by atoms with Crippen molar-refractivity contribution in [2.24, 2.45) is 0 Å². The maximum Gasteiger partial charge on any atom is 0.161 e. The van der Waals surface area contributed by atoms with E-state index in [1.165, 1.54) is 19.3 Å². The SMILES string of the molecule is CN(C)c1cncc(-c2ccc3[nH]nc(-c4nc5c(N6CCCCC6)nccc5[nH]4)c3n2)c1. The molecule has 0 aromatic carbocycles. The van der Waals surface area contributed by atoms with Gasteiger partial charge in [-0.1, -0.05) is 0 Å². The van der Waals surface area contributed by atoms with Crippen molar-refractivity contribution in [3.05, 3.63) is 42.9 Å². The van der Waals surface area contributed by atoms with Gasteiger partial charge in [0.2, 0.25) is 0 Å². The van der Waals surface area contributed by atoms with Gasteiger partial charge >= 0.3 is 0 Å². The molecule has 0 amide bonds. The number of nitrogens with zero attached hydrogens (tertiary/aromatic N) is 7. The fourth-order valence-electron chi connectivity index (χ4n) is 4.41. The van der Waals surface area contributed by atoms with Crippen LogP contribution in [0.25, 0.3) is 44.8 Å². The van der Waals surface area contributed by atoms with Gasteiger partial charge in [0.15, 0.2) is 17.3 Å². The van der Waals surface area contributed by atoms with E-state index in [2.05, 4.69) is 36.1 Å². The average Bonchev–Trinajstić information content (AvgIpc) is 3.48. The van der Waals surface area contributed by atoms with Crippen LogP contribution in [0.5, 0.6) is 0 Å². The van der Waals surface area contributed by atoms with Crippen LogP contribution in [-0.2, 0) is 0 Å². The quantitative estimate of drug-likeness (QED) is 0.436. The number of aromatic amines is 2. The van der Waals surface area contributed by atoms with Gasteiger partial charge in [0.1, 0.15) is 11.0 Å². The summed E-state index contributed by atoms with van der Waals surface area (Å²) in [6.07, 6.45) is 9.18. The summed E-state index contributed by atoms with van der Waals surface area (Å²) < 4.78 is 0. The van der Waals surface area contributed by atoms with Gasteiger partial charge in [-0.05, 0) is 43.5 Å². The summed E-state index contributed by atoms with van der Waals surface area (Å²) >= 11 is 0. The van der Waals surface area contributed by atoms with Gasteiger partial charge in [0, 0.05) is 45.1 Å². The maximum absolute atomic E-state index is 4.93. The Morgan fingerprint density at radius 1 is 0.939 bits per heavy atom. The summed E-state index contributed by atoms with van der Waals surface area (Å²) in [5, 5.41) is 7.64. The molecule has 0 unspecified atom stereocenters. The van der Waals surface area contributed by atoms with Crippen molar-refractivity contribution in [2.45, 2.75) is 19.3 Å². The number of hydrogen-bond acceptors (Lipinski definition) is 7. The molecule has 0 saturated carbocycles. The van der Waals surface area contributed by atoms with Crippen LogP contribution in [0.2, 0.25) is 0 Å². The summed E-state index contributed by atoms with van der Waals surface area (Å²) in [5.74, 6) is 1.63. The van der Waals surface area contributed by atoms with Gasteiger partial charge in [0.25, 0.3) is 0 Å². The summed E-state index contributed by atoms with van der Waals surface area (Å²) in [7, 11) is 4.00. The Hall–Kier alpha value is -4.01. The zero-order valence-electron chi connectivity index (χ0n) is 18.7. The van der Waals surface area contributed by atoms with E-state index in [1.807, 2.05) is 55.8 Å². The highest BCUT2D eigenvalue weighted by Crippen LogP contribution is 2.31. The highest BCUT2D eigenvalue weighted by Gasteiger charge is 2.20. The van der Waals surface area contributed by atoms with E-state index in [4.69, 9.17) is 9.97 Å². The zero-order valence-corrected chi connectivity index (χ0v) is 18.7. The topological polar surface area (TPSA) is 103 Å². The van der Waals surface area contributed by atoms with Crippen molar-refractivity contribution in [1.29, 1.82) is 0 Å². The van der Waals surface area contributed by atoms with Crippen molar-refractivity contribution in [2.75, 3.05) is 37.0 Å². The van der Waals surface area contributed by atoms with Crippen molar-refractivity contribution in [1.82, 2.24) is 35.1 Å². The van der Waals surface area contributed by atoms with Crippen molar-refractivity contribution >= 4 is 33.6 Å². The van der Waals surface area contributed by atoms with Crippen LogP contribution in [0.4, 0.5) is 11.5 Å². The number of H-pyrrole nitrogens is 2. The highest BCUT2D eigenvalue weighted by atomic mass is 15.2. The zero-order chi connectivity index (χ0) is 22.4. The van der Waals surface area contributed by atoms with Crippen LogP contribution in [0.3, 0.4) is 0 Å². The molecule has 1 saturated heterocycles. The van der Waals surface area contributed by atoms with Crippen molar-refractivity contribution in [3.63, 3.8) is 0 Å². The molecule has 1 fully saturated rings. The number of fused-ring (bicyclic) bond motifs is 2. The number of rotatable bonds is 4. The first-order valence-corrected chi connectivity index (χ1v) is 11.3. The first kappa shape index (κ1) is 19.7. The van der Waals surface area contributed by atoms with E-state index in [0.29, 0.717) is 11.5 Å². The minimum atomic E-state index is 0.687. The summed E-state index contributed by atoms with van der Waals surface area (Å²) in [6.45, 7) is 2.04. The second-order valence-corrected chi connectivity index (χ2v) is 8.65. The third-order valence-electron chi connectivity index (χ3n) is 6.21. The standard InChI is InChI=1S/C24H25N9/c1-32(2)16-12-15(13-25-14-16)17-6-7-19-20(27-17)22(31-30-19)23-28-18-8-9-26-24(21(18)29-23)33-10-4-3-5-11-33/h6-9,12-14H,3-5,10-11H2,1-2H3,(H,28,29)(H,30,31). The summed E-state index contributed by atoms with van der Waals surface area (Å²) in [5.41, 5.74) is 6.99. The first-order chi connectivity index (χ1) is 16.2. The Morgan fingerprint density at radius 3 is 2.67 bits per heavy atom. The molecule has 6 heterocycles. The van der Waals surface area contributed by atoms with Gasteiger partial charge in [0.05, 0.1) is 28.6 Å². The van der Waals surface area contributed by atoms with Gasteiger partial charge in [-0.3, -0.25) is 10.1 Å². The lowest BCUT2D eigenvalue weighted by Crippen LogP contribution is -2.30. The third kappa shape index (κ3) is 3.45. The van der Waals surface area contributed by atoms with Gasteiger partial charge in [-0.25, -0.2) is 15.0 Å². The minimum Gasteiger partial charge on any atom is -0.376 e. The molecule has 0 aliphatic carbocycles. The molecule has 166 valence electrons. The number of aromatic nitrogens is 7. The lowest BCUT2D eigenvalue weighted by Gasteiger charge is -2.27. The Bertz CT molecular complexity index is 1440. The molecular weight excluding hydrogens is 414 g/mol. The minimum absolute atomic E-state index is 0.687. The van der Waals surface area contributed by atoms with E-state index in [1.54, 1.807) is 0 Å². The van der Waals surface area contributed by atoms with E-state index in [-0.39, 0.29) is 0 Å². The monoisotopic (exact) mass is 439 g/mol. The molecule has 1 aliphatic heterocycles. The second kappa shape index (κ2) is 7.84. The van der Waals surface area contributed by atoms with Crippen molar-refractivity contribution < 1.29 is 0 Å². The number of anilines is 2. The van der Waals surface area contributed by atoms with Crippen LogP contribution in [0.1, 0.15) is 19.3 Å². The van der Waals surface area contributed by atoms with E-state index in [9.17, 15) is 0 Å². The number of imidazole rings is 1. The van der Waals surface area contributed by atoms with E-state index < -0.39 is 0 Å². The molecule has 2 N–H and O–H groups in total. The normalized spacial score (nSPS) is 14.3. The Balaban J connectivity index is 1.44. The van der Waals surface area contributed by atoms with Gasteiger partial charge in [-0.2, -0.15) is 5.10 Å². The number of hydrogen-bond donors (Lipinski definition) is 2. The molecule has 0 spiro atoms. The number of pyridine rings is 3. The Kier molecular flexibility index (Phi) is 4.67. The van der Waals surface area contributed by atoms with Crippen molar-refractivity contribution in [3.8, 4) is 22.8 Å². The molecule has 5 aromatic rings.